The van der Waals surface area contributed by atoms with Gasteiger partial charge in [-0.05, 0) is 55.5 Å². The number of carbonyl (C=O) groups is 2. The number of aromatic nitrogens is 1. The predicted octanol–water partition coefficient (Wildman–Crippen LogP) is 3.10. The lowest BCUT2D eigenvalue weighted by Gasteiger charge is -2.30. The normalized spacial score (nSPS) is 14.9. The molecule has 6 nitrogen and oxygen atoms in total. The molecule has 0 atom stereocenters. The van der Waals surface area contributed by atoms with Crippen LogP contribution in [0.25, 0.3) is 0 Å². The first-order valence-corrected chi connectivity index (χ1v) is 8.86. The highest BCUT2D eigenvalue weighted by molar-refractivity contribution is 6.08. The number of nitrogens with two attached hydrogens (primary N) is 1. The fraction of sp³-hybridized carbons (Fsp3) is 0.350. The molecule has 3 rings (SSSR count). The highest BCUT2D eigenvalue weighted by Gasteiger charge is 2.22. The number of nitrogens with one attached hydrogen (secondary N) is 1. The van der Waals surface area contributed by atoms with Crippen molar-refractivity contribution >= 4 is 23.2 Å². The van der Waals surface area contributed by atoms with Gasteiger partial charge in [-0.25, -0.2) is 0 Å². The maximum Gasteiger partial charge on any atom is 0.259 e. The van der Waals surface area contributed by atoms with Gasteiger partial charge in [0.25, 0.3) is 11.8 Å². The third kappa shape index (κ3) is 3.85. The summed E-state index contributed by atoms with van der Waals surface area (Å²) in [6, 6.07) is 6.93. The van der Waals surface area contributed by atoms with Crippen LogP contribution in [0.2, 0.25) is 0 Å². The molecule has 3 N–H and O–H groups in total. The van der Waals surface area contributed by atoms with E-state index < -0.39 is 0 Å². The number of rotatable bonds is 3. The van der Waals surface area contributed by atoms with Crippen molar-refractivity contribution in [3.05, 3.63) is 53.3 Å². The molecule has 1 aliphatic rings. The van der Waals surface area contributed by atoms with E-state index in [9.17, 15) is 9.59 Å². The smallest absolute Gasteiger partial charge is 0.259 e. The van der Waals surface area contributed by atoms with Crippen molar-refractivity contribution < 1.29 is 9.59 Å². The van der Waals surface area contributed by atoms with Crippen LogP contribution in [-0.4, -0.2) is 34.8 Å². The Kier molecular flexibility index (Phi) is 5.21. The Morgan fingerprint density at radius 2 is 1.96 bits per heavy atom. The molecule has 6 heteroatoms. The first kappa shape index (κ1) is 17.9. The van der Waals surface area contributed by atoms with Crippen LogP contribution in [0.5, 0.6) is 0 Å². The topological polar surface area (TPSA) is 88.3 Å². The monoisotopic (exact) mass is 352 g/mol. The van der Waals surface area contributed by atoms with E-state index in [-0.39, 0.29) is 11.8 Å². The SMILES string of the molecule is Cc1cc(C(=O)N2CCC(C)CC2)ccc1NC(=O)c1cnccc1N. The number of hydrogen-bond acceptors (Lipinski definition) is 4. The van der Waals surface area contributed by atoms with Crippen molar-refractivity contribution in [1.29, 1.82) is 0 Å². The summed E-state index contributed by atoms with van der Waals surface area (Å²) in [6.45, 7) is 5.70. The van der Waals surface area contributed by atoms with E-state index in [0.717, 1.165) is 31.5 Å². The van der Waals surface area contributed by atoms with E-state index in [1.54, 1.807) is 24.4 Å². The molecule has 26 heavy (non-hydrogen) atoms. The molecular weight excluding hydrogens is 328 g/mol. The van der Waals surface area contributed by atoms with E-state index in [1.165, 1.54) is 6.20 Å². The van der Waals surface area contributed by atoms with Gasteiger partial charge in [0.15, 0.2) is 0 Å². The molecule has 0 aliphatic carbocycles. The Morgan fingerprint density at radius 1 is 1.23 bits per heavy atom. The summed E-state index contributed by atoms with van der Waals surface area (Å²) in [6.07, 6.45) is 5.07. The third-order valence-corrected chi connectivity index (χ3v) is 4.89. The van der Waals surface area contributed by atoms with Crippen molar-refractivity contribution in [3.63, 3.8) is 0 Å². The van der Waals surface area contributed by atoms with Gasteiger partial charge < -0.3 is 16.0 Å². The predicted molar refractivity (Wildman–Crippen MR) is 102 cm³/mol. The molecule has 2 heterocycles. The lowest BCUT2D eigenvalue weighted by atomic mass is 9.98. The zero-order valence-corrected chi connectivity index (χ0v) is 15.2. The highest BCUT2D eigenvalue weighted by Crippen LogP contribution is 2.22. The maximum absolute atomic E-state index is 12.7. The molecule has 1 aromatic heterocycles. The van der Waals surface area contributed by atoms with Gasteiger partial charge in [-0.15, -0.1) is 0 Å². The van der Waals surface area contributed by atoms with Gasteiger partial charge in [-0.2, -0.15) is 0 Å². The second-order valence-corrected chi connectivity index (χ2v) is 6.92. The highest BCUT2D eigenvalue weighted by atomic mass is 16.2. The molecule has 0 bridgehead atoms. The Morgan fingerprint density at radius 3 is 2.62 bits per heavy atom. The largest absolute Gasteiger partial charge is 0.398 e. The lowest BCUT2D eigenvalue weighted by molar-refractivity contribution is 0.0697. The number of nitrogen functional groups attached to an aromatic ring is 1. The number of hydrogen-bond donors (Lipinski definition) is 2. The van der Waals surface area contributed by atoms with E-state index in [1.807, 2.05) is 17.9 Å². The molecule has 2 amide bonds. The fourth-order valence-electron chi connectivity index (χ4n) is 3.12. The molecule has 0 saturated carbocycles. The zero-order chi connectivity index (χ0) is 18.7. The lowest BCUT2D eigenvalue weighted by Crippen LogP contribution is -2.37. The second-order valence-electron chi connectivity index (χ2n) is 6.92. The van der Waals surface area contributed by atoms with Crippen molar-refractivity contribution in [2.24, 2.45) is 5.92 Å². The second kappa shape index (κ2) is 7.56. The van der Waals surface area contributed by atoms with Gasteiger partial charge in [0.05, 0.1) is 5.56 Å². The number of nitrogens with zero attached hydrogens (tertiary/aromatic N) is 2. The summed E-state index contributed by atoms with van der Waals surface area (Å²) < 4.78 is 0. The molecule has 1 saturated heterocycles. The number of amides is 2. The van der Waals surface area contributed by atoms with Crippen LogP contribution in [-0.2, 0) is 0 Å². The maximum atomic E-state index is 12.7. The van der Waals surface area contributed by atoms with Crippen molar-refractivity contribution in [2.75, 3.05) is 24.1 Å². The Bertz CT molecular complexity index is 826. The van der Waals surface area contributed by atoms with Crippen LogP contribution in [0.4, 0.5) is 11.4 Å². The van der Waals surface area contributed by atoms with Crippen molar-refractivity contribution in [2.45, 2.75) is 26.7 Å². The summed E-state index contributed by atoms with van der Waals surface area (Å²) in [5.74, 6) is 0.412. The molecule has 136 valence electrons. The van der Waals surface area contributed by atoms with E-state index in [4.69, 9.17) is 5.73 Å². The molecule has 1 aromatic carbocycles. The molecular formula is C20H24N4O2. The van der Waals surface area contributed by atoms with Gasteiger partial charge >= 0.3 is 0 Å². The average molecular weight is 352 g/mol. The standard InChI is InChI=1S/C20H24N4O2/c1-13-6-9-24(10-7-13)20(26)15-3-4-18(14(2)11-15)23-19(25)16-12-22-8-5-17(16)21/h3-5,8,11-13H,6-7,9-10H2,1-2H3,(H2,21,22)(H,23,25). The van der Waals surface area contributed by atoms with Gasteiger partial charge in [0.1, 0.15) is 0 Å². The molecule has 0 spiro atoms. The van der Waals surface area contributed by atoms with E-state index >= 15 is 0 Å². The summed E-state index contributed by atoms with van der Waals surface area (Å²) in [7, 11) is 0. The first-order valence-electron chi connectivity index (χ1n) is 8.86. The number of carbonyl (C=O) groups excluding carboxylic acids is 2. The molecule has 1 fully saturated rings. The van der Waals surface area contributed by atoms with Gasteiger partial charge in [0.2, 0.25) is 0 Å². The Hall–Kier alpha value is -2.89. The summed E-state index contributed by atoms with van der Waals surface area (Å²) >= 11 is 0. The number of likely N-dealkylation sites (tertiary alicyclic amines) is 1. The number of piperidine rings is 1. The molecule has 1 aliphatic heterocycles. The Labute approximate surface area is 153 Å². The van der Waals surface area contributed by atoms with Crippen LogP contribution in [0.3, 0.4) is 0 Å². The average Bonchev–Trinajstić information content (AvgIpc) is 2.63. The summed E-state index contributed by atoms with van der Waals surface area (Å²) in [5, 5.41) is 2.83. The number of benzene rings is 1. The van der Waals surface area contributed by atoms with Crippen molar-refractivity contribution in [3.8, 4) is 0 Å². The minimum absolute atomic E-state index is 0.0504. The van der Waals surface area contributed by atoms with Crippen LogP contribution >= 0.6 is 0 Å². The molecule has 2 aromatic rings. The number of pyridine rings is 1. The minimum Gasteiger partial charge on any atom is -0.398 e. The number of anilines is 2. The van der Waals surface area contributed by atoms with Crippen LogP contribution < -0.4 is 11.1 Å². The zero-order valence-electron chi connectivity index (χ0n) is 15.2. The summed E-state index contributed by atoms with van der Waals surface area (Å²) in [5.41, 5.74) is 8.66. The van der Waals surface area contributed by atoms with E-state index in [0.29, 0.717) is 28.4 Å². The first-order chi connectivity index (χ1) is 12.5. The summed E-state index contributed by atoms with van der Waals surface area (Å²) in [4.78, 5) is 30.9. The quantitative estimate of drug-likeness (QED) is 0.888. The molecule has 0 radical (unpaired) electrons. The van der Waals surface area contributed by atoms with Crippen molar-refractivity contribution in [1.82, 2.24) is 9.88 Å². The van der Waals surface area contributed by atoms with Gasteiger partial charge in [-0.3, -0.25) is 14.6 Å². The van der Waals surface area contributed by atoms with Crippen LogP contribution in [0, 0.1) is 12.8 Å². The number of aryl methyl sites for hydroxylation is 1. The minimum atomic E-state index is -0.317. The van der Waals surface area contributed by atoms with E-state index in [2.05, 4.69) is 17.2 Å². The molecule has 0 unspecified atom stereocenters. The van der Waals surface area contributed by atoms with Crippen LogP contribution in [0.1, 0.15) is 46.0 Å². The van der Waals surface area contributed by atoms with Crippen LogP contribution in [0.15, 0.2) is 36.7 Å². The third-order valence-electron chi connectivity index (χ3n) is 4.89. The van der Waals surface area contributed by atoms with Gasteiger partial charge in [-0.1, -0.05) is 6.92 Å². The Balaban J connectivity index is 1.72. The van der Waals surface area contributed by atoms with Gasteiger partial charge in [0, 0.05) is 42.4 Å². The fourth-order valence-corrected chi connectivity index (χ4v) is 3.12.